The lowest BCUT2D eigenvalue weighted by Crippen LogP contribution is -2.06. The van der Waals surface area contributed by atoms with E-state index in [0.717, 1.165) is 16.3 Å². The van der Waals surface area contributed by atoms with Crippen molar-refractivity contribution in [3.05, 3.63) is 81.8 Å². The van der Waals surface area contributed by atoms with Gasteiger partial charge in [-0.1, -0.05) is 59.6 Å². The van der Waals surface area contributed by atoms with Crippen molar-refractivity contribution in [1.82, 2.24) is 0 Å². The van der Waals surface area contributed by atoms with Crippen LogP contribution in [0.1, 0.15) is 15.9 Å². The van der Waals surface area contributed by atoms with Crippen molar-refractivity contribution < 1.29 is 9.53 Å². The van der Waals surface area contributed by atoms with Crippen molar-refractivity contribution in [2.45, 2.75) is 6.61 Å². The van der Waals surface area contributed by atoms with Crippen molar-refractivity contribution in [3.8, 4) is 0 Å². The molecule has 3 aromatic carbocycles. The second-order valence-electron chi connectivity index (χ2n) is 4.88. The molecule has 0 fully saturated rings. The van der Waals surface area contributed by atoms with Crippen LogP contribution in [0.3, 0.4) is 0 Å². The van der Waals surface area contributed by atoms with Gasteiger partial charge in [0.1, 0.15) is 6.61 Å². The van der Waals surface area contributed by atoms with Crippen molar-refractivity contribution in [2.24, 2.45) is 0 Å². The van der Waals surface area contributed by atoms with Crippen LogP contribution in [-0.2, 0) is 11.3 Å². The van der Waals surface area contributed by atoms with Crippen LogP contribution < -0.4 is 0 Å². The number of carbonyl (C=O) groups is 1. The Morgan fingerprint density at radius 3 is 2.45 bits per heavy atom. The van der Waals surface area contributed by atoms with Crippen LogP contribution >= 0.6 is 23.2 Å². The van der Waals surface area contributed by atoms with Crippen LogP contribution in [0.25, 0.3) is 10.8 Å². The molecule has 0 radical (unpaired) electrons. The fourth-order valence-electron chi connectivity index (χ4n) is 2.21. The Bertz CT molecular complexity index is 843. The summed E-state index contributed by atoms with van der Waals surface area (Å²) < 4.78 is 5.32. The minimum Gasteiger partial charge on any atom is -0.457 e. The Morgan fingerprint density at radius 1 is 0.909 bits per heavy atom. The molecule has 110 valence electrons. The highest BCUT2D eigenvalue weighted by molar-refractivity contribution is 6.36. The average molecular weight is 331 g/mol. The predicted octanol–water partition coefficient (Wildman–Crippen LogP) is 5.50. The lowest BCUT2D eigenvalue weighted by Gasteiger charge is -2.07. The lowest BCUT2D eigenvalue weighted by atomic mass is 10.1. The zero-order valence-electron chi connectivity index (χ0n) is 11.6. The summed E-state index contributed by atoms with van der Waals surface area (Å²) in [7, 11) is 0. The zero-order chi connectivity index (χ0) is 15.5. The third kappa shape index (κ3) is 3.24. The van der Waals surface area contributed by atoms with Gasteiger partial charge in [-0.25, -0.2) is 4.79 Å². The van der Waals surface area contributed by atoms with Gasteiger partial charge in [0.2, 0.25) is 0 Å². The molecule has 0 atom stereocenters. The van der Waals surface area contributed by atoms with Gasteiger partial charge < -0.3 is 4.74 Å². The molecule has 4 heteroatoms. The van der Waals surface area contributed by atoms with Crippen LogP contribution in [0.2, 0.25) is 10.0 Å². The summed E-state index contributed by atoms with van der Waals surface area (Å²) in [6.07, 6.45) is 0. The Hall–Kier alpha value is -2.03. The Balaban J connectivity index is 1.74. The summed E-state index contributed by atoms with van der Waals surface area (Å²) in [4.78, 5) is 12.1. The molecule has 0 aliphatic heterocycles. The summed E-state index contributed by atoms with van der Waals surface area (Å²) in [5.41, 5.74) is 1.24. The summed E-state index contributed by atoms with van der Waals surface area (Å²) in [5, 5.41) is 3.03. The van der Waals surface area contributed by atoms with Crippen LogP contribution in [0, 0.1) is 0 Å². The van der Waals surface area contributed by atoms with E-state index in [4.69, 9.17) is 27.9 Å². The number of fused-ring (bicyclic) bond motifs is 1. The largest absolute Gasteiger partial charge is 0.457 e. The predicted molar refractivity (Wildman–Crippen MR) is 89.5 cm³/mol. The number of halogens is 2. The van der Waals surface area contributed by atoms with Crippen LogP contribution in [0.5, 0.6) is 0 Å². The monoisotopic (exact) mass is 330 g/mol. The summed E-state index contributed by atoms with van der Waals surface area (Å²) in [6.45, 7) is 0.197. The van der Waals surface area contributed by atoms with E-state index < -0.39 is 5.97 Å². The average Bonchev–Trinajstić information content (AvgIpc) is 2.52. The SMILES string of the molecule is O=C(OCc1ccc2ccccc2c1)c1ccc(Cl)cc1Cl. The third-order valence-corrected chi connectivity index (χ3v) is 3.88. The quantitative estimate of drug-likeness (QED) is 0.592. The number of benzene rings is 3. The maximum Gasteiger partial charge on any atom is 0.339 e. The maximum absolute atomic E-state index is 12.1. The van der Waals surface area contributed by atoms with Crippen molar-refractivity contribution in [1.29, 1.82) is 0 Å². The van der Waals surface area contributed by atoms with Crippen molar-refractivity contribution in [3.63, 3.8) is 0 Å². The molecule has 0 aliphatic carbocycles. The molecule has 0 aliphatic rings. The van der Waals surface area contributed by atoms with Crippen molar-refractivity contribution >= 4 is 39.9 Å². The molecular formula is C18H12Cl2O2. The first kappa shape index (κ1) is 14.9. The molecule has 0 aromatic heterocycles. The molecule has 0 unspecified atom stereocenters. The molecule has 2 nitrogen and oxygen atoms in total. The highest BCUT2D eigenvalue weighted by atomic mass is 35.5. The van der Waals surface area contributed by atoms with Crippen LogP contribution in [0.4, 0.5) is 0 Å². The minimum absolute atomic E-state index is 0.197. The number of ether oxygens (including phenoxy) is 1. The first-order chi connectivity index (χ1) is 10.6. The normalized spacial score (nSPS) is 10.6. The van der Waals surface area contributed by atoms with E-state index in [2.05, 4.69) is 0 Å². The first-order valence-electron chi connectivity index (χ1n) is 6.73. The zero-order valence-corrected chi connectivity index (χ0v) is 13.1. The summed E-state index contributed by atoms with van der Waals surface area (Å²) in [5.74, 6) is -0.463. The molecule has 3 aromatic rings. The molecule has 3 rings (SSSR count). The highest BCUT2D eigenvalue weighted by Crippen LogP contribution is 2.22. The van der Waals surface area contributed by atoms with E-state index >= 15 is 0 Å². The van der Waals surface area contributed by atoms with Gasteiger partial charge in [0.05, 0.1) is 10.6 Å². The van der Waals surface area contributed by atoms with Crippen LogP contribution in [-0.4, -0.2) is 5.97 Å². The molecule has 0 amide bonds. The minimum atomic E-state index is -0.463. The Morgan fingerprint density at radius 2 is 1.68 bits per heavy atom. The summed E-state index contributed by atoms with van der Waals surface area (Å²) in [6, 6.07) is 18.7. The fraction of sp³-hybridized carbons (Fsp3) is 0.0556. The van der Waals surface area contributed by atoms with E-state index in [1.165, 1.54) is 6.07 Å². The molecule has 0 bridgehead atoms. The molecular weight excluding hydrogens is 319 g/mol. The van der Waals surface area contributed by atoms with E-state index in [1.54, 1.807) is 12.1 Å². The topological polar surface area (TPSA) is 26.3 Å². The molecule has 0 saturated carbocycles. The van der Waals surface area contributed by atoms with E-state index in [9.17, 15) is 4.79 Å². The van der Waals surface area contributed by atoms with Gasteiger partial charge >= 0.3 is 5.97 Å². The van der Waals surface area contributed by atoms with Gasteiger partial charge in [-0.2, -0.15) is 0 Å². The standard InChI is InChI=1S/C18H12Cl2O2/c19-15-7-8-16(17(20)10-15)18(21)22-11-12-5-6-13-3-1-2-4-14(13)9-12/h1-10H,11H2. The Labute approximate surface area is 138 Å². The maximum atomic E-state index is 12.1. The second-order valence-corrected chi connectivity index (χ2v) is 5.73. The van der Waals surface area contributed by atoms with Gasteiger partial charge in [0, 0.05) is 5.02 Å². The van der Waals surface area contributed by atoms with Gasteiger partial charge in [0.25, 0.3) is 0 Å². The molecule has 22 heavy (non-hydrogen) atoms. The third-order valence-electron chi connectivity index (χ3n) is 3.33. The van der Waals surface area contributed by atoms with Gasteiger partial charge in [-0.15, -0.1) is 0 Å². The number of carbonyl (C=O) groups excluding carboxylic acids is 1. The highest BCUT2D eigenvalue weighted by Gasteiger charge is 2.12. The number of hydrogen-bond donors (Lipinski definition) is 0. The number of hydrogen-bond acceptors (Lipinski definition) is 2. The Kier molecular flexibility index (Phi) is 4.32. The lowest BCUT2D eigenvalue weighted by molar-refractivity contribution is 0.0473. The van der Waals surface area contributed by atoms with E-state index in [1.807, 2.05) is 42.5 Å². The molecule has 0 spiro atoms. The smallest absolute Gasteiger partial charge is 0.339 e. The van der Waals surface area contributed by atoms with E-state index in [0.29, 0.717) is 10.6 Å². The molecule has 0 heterocycles. The number of esters is 1. The van der Waals surface area contributed by atoms with Crippen LogP contribution in [0.15, 0.2) is 60.7 Å². The summed E-state index contributed by atoms with van der Waals surface area (Å²) >= 11 is 11.8. The van der Waals surface area contributed by atoms with E-state index in [-0.39, 0.29) is 11.6 Å². The van der Waals surface area contributed by atoms with Gasteiger partial charge in [-0.05, 0) is 40.6 Å². The molecule has 0 N–H and O–H groups in total. The second kappa shape index (κ2) is 6.39. The van der Waals surface area contributed by atoms with Gasteiger partial charge in [-0.3, -0.25) is 0 Å². The number of rotatable bonds is 3. The van der Waals surface area contributed by atoms with Crippen molar-refractivity contribution in [2.75, 3.05) is 0 Å². The molecule has 0 saturated heterocycles. The van der Waals surface area contributed by atoms with Gasteiger partial charge in [0.15, 0.2) is 0 Å². The fourth-order valence-corrected chi connectivity index (χ4v) is 2.70. The first-order valence-corrected chi connectivity index (χ1v) is 7.49.